The van der Waals surface area contributed by atoms with Gasteiger partial charge in [-0.3, -0.25) is 8.92 Å². The van der Waals surface area contributed by atoms with Crippen molar-refractivity contribution in [1.29, 1.82) is 0 Å². The molecule has 0 saturated carbocycles. The zero-order valence-corrected chi connectivity index (χ0v) is 6.69. The first kappa shape index (κ1) is 119. The molecule has 0 radical (unpaired) electrons. The van der Waals surface area contributed by atoms with Gasteiger partial charge in [0.25, 0.3) is 0 Å². The maximum Gasteiger partial charge on any atom is 4.00 e. The van der Waals surface area contributed by atoms with E-state index in [4.69, 9.17) is 8.92 Å². The minimum absolute atomic E-state index is 0. The van der Waals surface area contributed by atoms with Gasteiger partial charge in [-0.05, 0) is 0 Å². The van der Waals surface area contributed by atoms with Crippen molar-refractivity contribution in [2.24, 2.45) is 0 Å². The molecule has 0 bridgehead atoms. The summed E-state index contributed by atoms with van der Waals surface area (Å²) in [6.07, 6.45) is 0. The Morgan fingerprint density at radius 2 is 0.778 bits per heavy atom. The second-order valence-corrected chi connectivity index (χ2v) is 0.250. The van der Waals surface area contributed by atoms with E-state index in [9.17, 15) is 0 Å². The van der Waals surface area contributed by atoms with Crippen LogP contribution < -0.4 is 0 Å². The van der Waals surface area contributed by atoms with Crippen LogP contribution in [0.25, 0.3) is 0 Å². The van der Waals surface area contributed by atoms with E-state index >= 15 is 0 Å². The van der Waals surface area contributed by atoms with E-state index in [0.29, 0.717) is 0 Å². The molecule has 0 aromatic rings. The molecule has 0 aromatic heterocycles. The summed E-state index contributed by atoms with van der Waals surface area (Å²) in [4.78, 5) is 0. The van der Waals surface area contributed by atoms with Crippen molar-refractivity contribution in [3.63, 3.8) is 0 Å². The molecule has 9 heavy (non-hydrogen) atoms. The van der Waals surface area contributed by atoms with Gasteiger partial charge in [0, 0.05) is 0 Å². The summed E-state index contributed by atoms with van der Waals surface area (Å²) >= 11 is 0. The second-order valence-electron chi connectivity index (χ2n) is 0.0833. The van der Waals surface area contributed by atoms with Crippen LogP contribution in [0.4, 0.5) is 0 Å². The van der Waals surface area contributed by atoms with Gasteiger partial charge < -0.3 is 27.4 Å². The van der Waals surface area contributed by atoms with E-state index in [1.54, 1.807) is 0 Å². The molecule has 0 aliphatic rings. The van der Waals surface area contributed by atoms with E-state index < -0.39 is 9.29 Å². The zero-order valence-electron chi connectivity index (χ0n) is 4.13. The van der Waals surface area contributed by atoms with E-state index in [1.165, 1.54) is 0 Å². The molecule has 0 amide bonds. The first-order valence-corrected chi connectivity index (χ1v) is 1.22. The molecule has 7 nitrogen and oxygen atoms in total. The molecular weight excluding hydrogens is 188 g/mol. The Morgan fingerprint density at radius 3 is 0.778 bits per heavy atom. The predicted octanol–water partition coefficient (Wildman–Crippen LogP) is -3.33. The maximum absolute atomic E-state index is 8.40. The van der Waals surface area contributed by atoms with Crippen LogP contribution in [0.5, 0.6) is 0 Å². The van der Waals surface area contributed by atoms with Crippen LogP contribution in [0.1, 0.15) is 0 Å². The Labute approximate surface area is 67.8 Å². The molecule has 0 aliphatic carbocycles. The fourth-order valence-corrected chi connectivity index (χ4v) is 0. The molecule has 0 atom stereocenters. The van der Waals surface area contributed by atoms with Crippen molar-refractivity contribution in [2.45, 2.75) is 0 Å². The van der Waals surface area contributed by atoms with E-state index in [0.717, 1.165) is 0 Å². The van der Waals surface area contributed by atoms with Crippen LogP contribution in [0, 0.1) is 0 Å². The van der Waals surface area contributed by atoms with E-state index in [1.807, 2.05) is 0 Å². The normalized spacial score (nSPS) is 0.889. The van der Waals surface area contributed by atoms with Crippen molar-refractivity contribution in [3.8, 4) is 0 Å². The number of rotatable bonds is 0. The fraction of sp³-hybridized carbons (Fsp3) is 0. The second kappa shape index (κ2) is 253. The molecule has 0 heterocycles. The Morgan fingerprint density at radius 1 is 0.778 bits per heavy atom. The molecule has 56 valence electrons. The van der Waals surface area contributed by atoms with Crippen LogP contribution in [0.15, 0.2) is 0 Å². The molecular formula is H6O7SiTi. The van der Waals surface area contributed by atoms with E-state index in [2.05, 4.69) is 0 Å². The Hall–Kier alpha value is 0.331. The quantitative estimate of drug-likeness (QED) is 0.365. The summed E-state index contributed by atoms with van der Waals surface area (Å²) in [6.45, 7) is 0. The van der Waals surface area contributed by atoms with Crippen LogP contribution in [-0.4, -0.2) is 25.7 Å². The molecule has 0 spiro atoms. The van der Waals surface area contributed by atoms with Crippen molar-refractivity contribution < 1.29 is 58.0 Å². The standard InChI is InChI=1S/O2Si.3H2O.2O.Ti/c1-3-2;;;;;;/h;3*1H2;;;/q;;;;2*-2;+4. The molecule has 0 saturated heterocycles. The van der Waals surface area contributed by atoms with Gasteiger partial charge in [-0.1, -0.05) is 0 Å². The summed E-state index contributed by atoms with van der Waals surface area (Å²) in [6, 6.07) is 0. The minimum atomic E-state index is -1.42. The number of hydrogen-bond donors (Lipinski definition) is 0. The first-order valence-electron chi connectivity index (χ1n) is 0.408. The smallest absolute Gasteiger partial charge is 2.00 e. The predicted molar refractivity (Wildman–Crippen MR) is 19.3 cm³/mol. The summed E-state index contributed by atoms with van der Waals surface area (Å²) in [7, 11) is -1.42. The Bertz CT molecular complexity index is 29.9. The van der Waals surface area contributed by atoms with Crippen molar-refractivity contribution in [1.82, 2.24) is 0 Å². The fourth-order valence-electron chi connectivity index (χ4n) is 0. The molecule has 0 rings (SSSR count). The zero-order chi connectivity index (χ0) is 2.71. The van der Waals surface area contributed by atoms with Crippen molar-refractivity contribution in [3.05, 3.63) is 0 Å². The van der Waals surface area contributed by atoms with Gasteiger partial charge in [-0.25, -0.2) is 0 Å². The minimum Gasteiger partial charge on any atom is -2.00 e. The molecule has 0 aromatic carbocycles. The Kier molecular flexibility index (Phi) is 3350. The van der Waals surface area contributed by atoms with Gasteiger partial charge in [-0.2, -0.15) is 0 Å². The van der Waals surface area contributed by atoms with Gasteiger partial charge in [0.05, 0.1) is 0 Å². The average molecular weight is 194 g/mol. The van der Waals surface area contributed by atoms with Gasteiger partial charge >= 0.3 is 31.0 Å². The van der Waals surface area contributed by atoms with Crippen LogP contribution >= 0.6 is 0 Å². The molecule has 0 aliphatic heterocycles. The Balaban J connectivity index is -0.00000000133. The van der Waals surface area contributed by atoms with Crippen LogP contribution in [-0.2, 0) is 41.6 Å². The largest absolute Gasteiger partial charge is 4.00 e. The van der Waals surface area contributed by atoms with Gasteiger partial charge in [0.1, 0.15) is 0 Å². The third kappa shape index (κ3) is 3040. The summed E-state index contributed by atoms with van der Waals surface area (Å²) in [5.41, 5.74) is 0. The molecule has 0 fully saturated rings. The van der Waals surface area contributed by atoms with E-state index in [-0.39, 0.29) is 49.1 Å². The molecule has 9 heteroatoms. The van der Waals surface area contributed by atoms with Gasteiger partial charge in [0.15, 0.2) is 0 Å². The van der Waals surface area contributed by atoms with Crippen LogP contribution in [0.2, 0.25) is 0 Å². The van der Waals surface area contributed by atoms with Gasteiger partial charge in [0.2, 0.25) is 0 Å². The third-order valence-corrected chi connectivity index (χ3v) is 0. The van der Waals surface area contributed by atoms with Crippen molar-refractivity contribution in [2.75, 3.05) is 0 Å². The topological polar surface area (TPSA) is 186 Å². The van der Waals surface area contributed by atoms with Gasteiger partial charge in [-0.15, -0.1) is 0 Å². The first-order chi connectivity index (χ1) is 1.41. The van der Waals surface area contributed by atoms with Crippen molar-refractivity contribution >= 4 is 9.29 Å². The molecule has 6 N–H and O–H groups in total. The molecule has 0 unspecified atom stereocenters. The third-order valence-electron chi connectivity index (χ3n) is 0. The maximum atomic E-state index is 8.40. The monoisotopic (exact) mass is 194 g/mol. The average Bonchev–Trinajstić information content (AvgIpc) is 0.918. The van der Waals surface area contributed by atoms with Crippen LogP contribution in [0.3, 0.4) is 0 Å². The summed E-state index contributed by atoms with van der Waals surface area (Å²) in [5.74, 6) is 0. The summed E-state index contributed by atoms with van der Waals surface area (Å²) in [5, 5.41) is 0. The SMILES string of the molecule is O.O.O.O=[Si]=O.[O-2].[O-2].[Ti+4]. The number of hydrogen-bond acceptors (Lipinski definition) is 2. The summed E-state index contributed by atoms with van der Waals surface area (Å²) < 4.78 is 16.8.